The van der Waals surface area contributed by atoms with E-state index in [1.54, 1.807) is 0 Å². The predicted molar refractivity (Wildman–Crippen MR) is 120 cm³/mol. The van der Waals surface area contributed by atoms with Crippen molar-refractivity contribution in [3.05, 3.63) is 0 Å². The zero-order chi connectivity index (χ0) is 23.4. The number of Topliss-reactive ketones (excluding diaryl/α,β-unsaturated/α-hetero) is 2. The van der Waals surface area contributed by atoms with Crippen LogP contribution in [0.25, 0.3) is 0 Å². The molecule has 0 bridgehead atoms. The van der Waals surface area contributed by atoms with Gasteiger partial charge in [-0.25, -0.2) is 4.39 Å². The number of carbonyl (C=O) groups is 3. The van der Waals surface area contributed by atoms with Gasteiger partial charge in [-0.2, -0.15) is 0 Å². The van der Waals surface area contributed by atoms with E-state index in [4.69, 9.17) is 4.74 Å². The highest BCUT2D eigenvalue weighted by molar-refractivity contribution is 5.89. The molecule has 4 aliphatic rings. The minimum absolute atomic E-state index is 0.00119. The Kier molecular flexibility index (Phi) is 6.35. The Morgan fingerprint density at radius 3 is 2.47 bits per heavy atom. The van der Waals surface area contributed by atoms with Crippen molar-refractivity contribution in [2.24, 2.45) is 52.3 Å². The third-order valence-electron chi connectivity index (χ3n) is 10.8. The summed E-state index contributed by atoms with van der Waals surface area (Å²) in [5.41, 5.74) is -0.171. The van der Waals surface area contributed by atoms with Crippen molar-refractivity contribution in [2.75, 3.05) is 7.11 Å². The highest BCUT2D eigenvalue weighted by atomic mass is 19.1. The molecule has 0 radical (unpaired) electrons. The van der Waals surface area contributed by atoms with Crippen LogP contribution in [0.2, 0.25) is 0 Å². The van der Waals surface area contributed by atoms with Crippen LogP contribution >= 0.6 is 0 Å². The molecule has 0 heterocycles. The molecule has 4 saturated carbocycles. The lowest BCUT2D eigenvalue weighted by molar-refractivity contribution is -0.174. The Bertz CT molecular complexity index is 780. The van der Waals surface area contributed by atoms with Gasteiger partial charge in [-0.3, -0.25) is 14.4 Å². The van der Waals surface area contributed by atoms with Crippen molar-refractivity contribution in [2.45, 2.75) is 91.7 Å². The minimum atomic E-state index is -1.37. The van der Waals surface area contributed by atoms with E-state index in [0.717, 1.165) is 38.5 Å². The molecule has 5 heteroatoms. The molecule has 32 heavy (non-hydrogen) atoms. The Balaban J connectivity index is 1.62. The summed E-state index contributed by atoms with van der Waals surface area (Å²) in [5, 5.41) is 0. The highest BCUT2D eigenvalue weighted by Crippen LogP contribution is 2.68. The SMILES string of the molecule is CC[C@H]1C(=O)[C@@H]2[C@H](CC[C@]3(C)[C@@H]([C@H](C)CCC(=O)OC)CC[C@@H]23)[C@@]2(C)C[C@@H](F)C(=O)C[C@@H]12. The number of halogens is 1. The minimum Gasteiger partial charge on any atom is -0.469 e. The van der Waals surface area contributed by atoms with Crippen molar-refractivity contribution in [1.82, 2.24) is 0 Å². The summed E-state index contributed by atoms with van der Waals surface area (Å²) in [6.45, 7) is 8.88. The summed E-state index contributed by atoms with van der Waals surface area (Å²) < 4.78 is 19.5. The summed E-state index contributed by atoms with van der Waals surface area (Å²) in [6.07, 6.45) is 5.34. The number of alkyl halides is 1. The normalized spacial score (nSPS) is 46.8. The molecule has 10 atom stereocenters. The lowest BCUT2D eigenvalue weighted by atomic mass is 9.41. The molecular formula is C27H41FO4. The first-order valence-electron chi connectivity index (χ1n) is 12.9. The summed E-state index contributed by atoms with van der Waals surface area (Å²) >= 11 is 0. The van der Waals surface area contributed by atoms with E-state index in [0.29, 0.717) is 36.4 Å². The van der Waals surface area contributed by atoms with Crippen LogP contribution in [0, 0.1) is 52.3 Å². The van der Waals surface area contributed by atoms with Gasteiger partial charge in [0.15, 0.2) is 12.0 Å². The van der Waals surface area contributed by atoms with Crippen LogP contribution in [-0.2, 0) is 19.1 Å². The fourth-order valence-electron chi connectivity index (χ4n) is 9.09. The standard InChI is InChI=1S/C27H41FO4/c1-6-16-20-13-22(29)21(28)14-27(20,4)19-11-12-26(3)17(15(2)7-10-23(30)32-5)8-9-18(26)24(19)25(16)31/h15-21,24H,6-14H2,1-5H3/t15-,16-,17-,18+,19+,20+,21-,24+,26-,27-/m1/s1. The highest BCUT2D eigenvalue weighted by Gasteiger charge is 2.66. The predicted octanol–water partition coefficient (Wildman–Crippen LogP) is 5.57. The van der Waals surface area contributed by atoms with Gasteiger partial charge >= 0.3 is 5.97 Å². The number of ether oxygens (including phenoxy) is 1. The number of carbonyl (C=O) groups excluding carboxylic acids is 3. The van der Waals surface area contributed by atoms with Gasteiger partial charge in [0.05, 0.1) is 7.11 Å². The molecule has 0 aromatic heterocycles. The maximum absolute atomic E-state index is 14.7. The fraction of sp³-hybridized carbons (Fsp3) is 0.889. The number of esters is 1. The second kappa shape index (κ2) is 8.51. The van der Waals surface area contributed by atoms with Crippen LogP contribution < -0.4 is 0 Å². The third-order valence-corrected chi connectivity index (χ3v) is 10.8. The van der Waals surface area contributed by atoms with E-state index in [9.17, 15) is 18.8 Å². The second-order valence-electron chi connectivity index (χ2n) is 11.9. The Hall–Kier alpha value is -1.26. The summed E-state index contributed by atoms with van der Waals surface area (Å²) in [7, 11) is 1.44. The Labute approximate surface area is 192 Å². The zero-order valence-electron chi connectivity index (χ0n) is 20.5. The van der Waals surface area contributed by atoms with Gasteiger partial charge in [0, 0.05) is 24.7 Å². The van der Waals surface area contributed by atoms with Gasteiger partial charge in [0.1, 0.15) is 5.78 Å². The van der Waals surface area contributed by atoms with Crippen LogP contribution in [0.15, 0.2) is 0 Å². The van der Waals surface area contributed by atoms with E-state index < -0.39 is 6.17 Å². The molecule has 0 saturated heterocycles. The third kappa shape index (κ3) is 3.48. The Morgan fingerprint density at radius 1 is 1.12 bits per heavy atom. The number of hydrogen-bond acceptors (Lipinski definition) is 4. The average Bonchev–Trinajstić information content (AvgIpc) is 3.11. The van der Waals surface area contributed by atoms with Crippen molar-refractivity contribution in [3.8, 4) is 0 Å². The molecule has 4 aliphatic carbocycles. The average molecular weight is 449 g/mol. The smallest absolute Gasteiger partial charge is 0.305 e. The topological polar surface area (TPSA) is 60.4 Å². The van der Waals surface area contributed by atoms with Crippen molar-refractivity contribution in [3.63, 3.8) is 0 Å². The van der Waals surface area contributed by atoms with Crippen LogP contribution in [0.5, 0.6) is 0 Å². The molecule has 0 spiro atoms. The van der Waals surface area contributed by atoms with Crippen LogP contribution in [0.4, 0.5) is 4.39 Å². The van der Waals surface area contributed by atoms with Gasteiger partial charge in [-0.1, -0.05) is 27.7 Å². The molecular weight excluding hydrogens is 407 g/mol. The van der Waals surface area contributed by atoms with Gasteiger partial charge in [-0.05, 0) is 85.4 Å². The molecule has 0 aromatic rings. The molecule has 0 N–H and O–H groups in total. The summed E-state index contributed by atoms with van der Waals surface area (Å²) in [6, 6.07) is 0. The first-order chi connectivity index (χ1) is 15.1. The lowest BCUT2D eigenvalue weighted by Crippen LogP contribution is -2.61. The molecule has 4 rings (SSSR count). The second-order valence-corrected chi connectivity index (χ2v) is 11.9. The summed E-state index contributed by atoms with van der Waals surface area (Å²) in [4.78, 5) is 37.9. The monoisotopic (exact) mass is 448 g/mol. The number of methoxy groups -OCH3 is 1. The lowest BCUT2D eigenvalue weighted by Gasteiger charge is -2.61. The zero-order valence-corrected chi connectivity index (χ0v) is 20.5. The Morgan fingerprint density at radius 2 is 1.81 bits per heavy atom. The maximum atomic E-state index is 14.7. The van der Waals surface area contributed by atoms with Crippen LogP contribution in [-0.4, -0.2) is 30.8 Å². The number of fused-ring (bicyclic) bond motifs is 5. The van der Waals surface area contributed by atoms with E-state index in [1.165, 1.54) is 7.11 Å². The first-order valence-corrected chi connectivity index (χ1v) is 12.9. The van der Waals surface area contributed by atoms with Crippen LogP contribution in [0.1, 0.15) is 85.5 Å². The van der Waals surface area contributed by atoms with E-state index >= 15 is 0 Å². The number of rotatable bonds is 5. The number of ketones is 2. The van der Waals surface area contributed by atoms with E-state index in [2.05, 4.69) is 27.7 Å². The van der Waals surface area contributed by atoms with E-state index in [1.807, 2.05) is 0 Å². The molecule has 0 unspecified atom stereocenters. The first kappa shape index (κ1) is 23.9. The molecule has 4 nitrogen and oxygen atoms in total. The van der Waals surface area contributed by atoms with Gasteiger partial charge in [0.2, 0.25) is 0 Å². The molecule has 180 valence electrons. The number of hydrogen-bond donors (Lipinski definition) is 0. The van der Waals surface area contributed by atoms with E-state index in [-0.39, 0.29) is 52.7 Å². The molecule has 0 amide bonds. The summed E-state index contributed by atoms with van der Waals surface area (Å²) in [5.74, 6) is 1.24. The van der Waals surface area contributed by atoms with Crippen molar-refractivity contribution >= 4 is 17.5 Å². The van der Waals surface area contributed by atoms with Gasteiger partial charge in [-0.15, -0.1) is 0 Å². The van der Waals surface area contributed by atoms with Crippen molar-refractivity contribution < 1.29 is 23.5 Å². The van der Waals surface area contributed by atoms with Gasteiger partial charge in [0.25, 0.3) is 0 Å². The fourth-order valence-corrected chi connectivity index (χ4v) is 9.09. The van der Waals surface area contributed by atoms with Crippen LogP contribution in [0.3, 0.4) is 0 Å². The molecule has 4 fully saturated rings. The van der Waals surface area contributed by atoms with Gasteiger partial charge < -0.3 is 4.74 Å². The molecule has 0 aliphatic heterocycles. The largest absolute Gasteiger partial charge is 0.469 e. The van der Waals surface area contributed by atoms with Crippen molar-refractivity contribution in [1.29, 1.82) is 0 Å². The molecule has 0 aromatic carbocycles. The maximum Gasteiger partial charge on any atom is 0.305 e. The quantitative estimate of drug-likeness (QED) is 0.516.